The molecule has 148 valence electrons. The normalized spacial score (nSPS) is 15.5. The van der Waals surface area contributed by atoms with Gasteiger partial charge in [0.1, 0.15) is 5.82 Å². The van der Waals surface area contributed by atoms with Crippen molar-refractivity contribution in [3.63, 3.8) is 0 Å². The molecule has 1 saturated heterocycles. The first kappa shape index (κ1) is 18.5. The Hall–Kier alpha value is -2.91. The highest BCUT2D eigenvalue weighted by Gasteiger charge is 2.33. The van der Waals surface area contributed by atoms with E-state index in [0.29, 0.717) is 38.4 Å². The summed E-state index contributed by atoms with van der Waals surface area (Å²) in [5.41, 5.74) is 1.38. The zero-order chi connectivity index (χ0) is 20.1. The molecule has 0 amide bonds. The molecule has 0 bridgehead atoms. The first-order valence-electron chi connectivity index (χ1n) is 8.79. The van der Waals surface area contributed by atoms with Gasteiger partial charge in [-0.25, -0.2) is 14.4 Å². The Kier molecular flexibility index (Phi) is 4.35. The van der Waals surface area contributed by atoms with Gasteiger partial charge >= 0.3 is 6.18 Å². The van der Waals surface area contributed by atoms with Crippen LogP contribution in [-0.4, -0.2) is 45.8 Å². The maximum atomic E-state index is 14.2. The number of fused-ring (bicyclic) bond motifs is 1. The molecule has 1 aliphatic rings. The molecule has 0 N–H and O–H groups in total. The lowest BCUT2D eigenvalue weighted by Gasteiger charge is -2.36. The number of hydrogen-bond acceptors (Lipinski definition) is 5. The Balaban J connectivity index is 1.54. The number of aryl methyl sites for hydroxylation is 2. The highest BCUT2D eigenvalue weighted by molar-refractivity contribution is 5.53. The third kappa shape index (κ3) is 3.34. The third-order valence-electron chi connectivity index (χ3n) is 4.71. The topological polar surface area (TPSA) is 49.6 Å². The van der Waals surface area contributed by atoms with Crippen LogP contribution in [0.4, 0.5) is 29.2 Å². The van der Waals surface area contributed by atoms with Crippen LogP contribution >= 0.6 is 0 Å². The Labute approximate surface area is 158 Å². The minimum atomic E-state index is -4.61. The van der Waals surface area contributed by atoms with E-state index in [-0.39, 0.29) is 5.82 Å². The lowest BCUT2D eigenvalue weighted by Crippen LogP contribution is -2.47. The summed E-state index contributed by atoms with van der Waals surface area (Å²) < 4.78 is 54.1. The standard InChI is InChI=1S/C18H18F4N6/c1-11-8-16(28-15(24-11)7-12(2)25-28)26-3-5-27(6-4-26)17-14(19)9-13(10-23-17)18(20,21)22/h7-10H,3-6H2,1-2H3. The second-order valence-electron chi connectivity index (χ2n) is 6.81. The van der Waals surface area contributed by atoms with Crippen molar-refractivity contribution in [1.82, 2.24) is 19.6 Å². The summed E-state index contributed by atoms with van der Waals surface area (Å²) in [7, 11) is 0. The Morgan fingerprint density at radius 3 is 2.25 bits per heavy atom. The van der Waals surface area contributed by atoms with Crippen LogP contribution in [0.5, 0.6) is 0 Å². The fourth-order valence-electron chi connectivity index (χ4n) is 3.39. The summed E-state index contributed by atoms with van der Waals surface area (Å²) in [6.07, 6.45) is -3.94. The number of alkyl halides is 3. The van der Waals surface area contributed by atoms with Crippen LogP contribution in [0.25, 0.3) is 5.65 Å². The smallest absolute Gasteiger partial charge is 0.353 e. The number of anilines is 2. The van der Waals surface area contributed by atoms with Gasteiger partial charge in [0.05, 0.1) is 11.3 Å². The van der Waals surface area contributed by atoms with E-state index in [0.717, 1.165) is 22.9 Å². The third-order valence-corrected chi connectivity index (χ3v) is 4.71. The van der Waals surface area contributed by atoms with Gasteiger partial charge in [0, 0.05) is 50.2 Å². The van der Waals surface area contributed by atoms with E-state index in [1.807, 2.05) is 26.0 Å². The van der Waals surface area contributed by atoms with E-state index < -0.39 is 17.6 Å². The molecule has 0 unspecified atom stereocenters. The van der Waals surface area contributed by atoms with E-state index in [1.54, 1.807) is 9.42 Å². The van der Waals surface area contributed by atoms with Crippen molar-refractivity contribution in [2.75, 3.05) is 36.0 Å². The molecular weight excluding hydrogens is 376 g/mol. The monoisotopic (exact) mass is 394 g/mol. The highest BCUT2D eigenvalue weighted by atomic mass is 19.4. The van der Waals surface area contributed by atoms with Crippen molar-refractivity contribution in [3.8, 4) is 0 Å². The van der Waals surface area contributed by atoms with Crippen LogP contribution in [0.3, 0.4) is 0 Å². The molecule has 0 spiro atoms. The first-order chi connectivity index (χ1) is 13.2. The molecule has 0 saturated carbocycles. The van der Waals surface area contributed by atoms with Gasteiger partial charge in [-0.15, -0.1) is 0 Å². The zero-order valence-electron chi connectivity index (χ0n) is 15.3. The fraction of sp³-hybridized carbons (Fsp3) is 0.389. The quantitative estimate of drug-likeness (QED) is 0.625. The molecule has 10 heteroatoms. The molecule has 28 heavy (non-hydrogen) atoms. The van der Waals surface area contributed by atoms with Gasteiger partial charge in [-0.1, -0.05) is 0 Å². The molecule has 4 rings (SSSR count). The van der Waals surface area contributed by atoms with Crippen molar-refractivity contribution in [3.05, 3.63) is 47.2 Å². The summed E-state index contributed by atoms with van der Waals surface area (Å²) in [6, 6.07) is 4.33. The van der Waals surface area contributed by atoms with Gasteiger partial charge in [-0.2, -0.15) is 22.8 Å². The van der Waals surface area contributed by atoms with Gasteiger partial charge in [-0.05, 0) is 19.9 Å². The molecule has 1 fully saturated rings. The second kappa shape index (κ2) is 6.61. The van der Waals surface area contributed by atoms with Crippen molar-refractivity contribution >= 4 is 17.3 Å². The van der Waals surface area contributed by atoms with Crippen LogP contribution in [0, 0.1) is 19.7 Å². The van der Waals surface area contributed by atoms with Gasteiger partial charge in [-0.3, -0.25) is 0 Å². The molecule has 0 radical (unpaired) electrons. The Morgan fingerprint density at radius 2 is 1.61 bits per heavy atom. The summed E-state index contributed by atoms with van der Waals surface area (Å²) >= 11 is 0. The number of halogens is 4. The summed E-state index contributed by atoms with van der Waals surface area (Å²) in [5.74, 6) is -0.136. The van der Waals surface area contributed by atoms with Gasteiger partial charge in [0.15, 0.2) is 17.3 Å². The van der Waals surface area contributed by atoms with Gasteiger partial charge in [0.2, 0.25) is 0 Å². The van der Waals surface area contributed by atoms with E-state index in [9.17, 15) is 17.6 Å². The number of pyridine rings is 1. The predicted octanol–water partition coefficient (Wildman–Crippen LogP) is 3.23. The number of aromatic nitrogens is 4. The largest absolute Gasteiger partial charge is 0.417 e. The molecular formula is C18H18F4N6. The van der Waals surface area contributed by atoms with Crippen molar-refractivity contribution in [2.45, 2.75) is 20.0 Å². The summed E-state index contributed by atoms with van der Waals surface area (Å²) in [5, 5.41) is 4.47. The number of piperazine rings is 1. The maximum absolute atomic E-state index is 14.2. The fourth-order valence-corrected chi connectivity index (χ4v) is 3.39. The Bertz CT molecular complexity index is 1020. The molecule has 4 heterocycles. The number of hydrogen-bond donors (Lipinski definition) is 0. The van der Waals surface area contributed by atoms with E-state index in [1.165, 1.54) is 0 Å². The molecule has 6 nitrogen and oxygen atoms in total. The minimum absolute atomic E-state index is 0.0568. The highest BCUT2D eigenvalue weighted by Crippen LogP contribution is 2.31. The Morgan fingerprint density at radius 1 is 0.929 bits per heavy atom. The SMILES string of the molecule is Cc1cc(N2CCN(c3ncc(C(F)(F)F)cc3F)CC2)n2nc(C)cc2n1. The first-order valence-corrected chi connectivity index (χ1v) is 8.79. The van der Waals surface area contributed by atoms with Crippen LogP contribution in [0.1, 0.15) is 17.0 Å². The molecule has 0 atom stereocenters. The average Bonchev–Trinajstić information content (AvgIpc) is 3.00. The zero-order valence-corrected chi connectivity index (χ0v) is 15.3. The summed E-state index contributed by atoms with van der Waals surface area (Å²) in [4.78, 5) is 11.9. The van der Waals surface area contributed by atoms with Crippen LogP contribution in [-0.2, 0) is 6.18 Å². The lowest BCUT2D eigenvalue weighted by molar-refractivity contribution is -0.138. The minimum Gasteiger partial charge on any atom is -0.353 e. The summed E-state index contributed by atoms with van der Waals surface area (Å²) in [6.45, 7) is 5.77. The number of nitrogens with zero attached hydrogens (tertiary/aromatic N) is 6. The van der Waals surface area contributed by atoms with Crippen LogP contribution < -0.4 is 9.80 Å². The van der Waals surface area contributed by atoms with Crippen molar-refractivity contribution in [2.24, 2.45) is 0 Å². The lowest BCUT2D eigenvalue weighted by atomic mass is 10.2. The average molecular weight is 394 g/mol. The van der Waals surface area contributed by atoms with Gasteiger partial charge < -0.3 is 9.80 Å². The molecule has 1 aliphatic heterocycles. The van der Waals surface area contributed by atoms with E-state index in [4.69, 9.17) is 0 Å². The van der Waals surface area contributed by atoms with Crippen molar-refractivity contribution in [1.29, 1.82) is 0 Å². The second-order valence-corrected chi connectivity index (χ2v) is 6.81. The maximum Gasteiger partial charge on any atom is 0.417 e. The molecule has 3 aromatic rings. The van der Waals surface area contributed by atoms with Crippen LogP contribution in [0.15, 0.2) is 24.4 Å². The number of rotatable bonds is 2. The predicted molar refractivity (Wildman–Crippen MR) is 96.1 cm³/mol. The molecule has 0 aromatic carbocycles. The molecule has 3 aromatic heterocycles. The van der Waals surface area contributed by atoms with Crippen LogP contribution in [0.2, 0.25) is 0 Å². The molecule has 0 aliphatic carbocycles. The van der Waals surface area contributed by atoms with E-state index in [2.05, 4.69) is 20.0 Å². The van der Waals surface area contributed by atoms with E-state index >= 15 is 0 Å². The van der Waals surface area contributed by atoms with Gasteiger partial charge in [0.25, 0.3) is 0 Å². The van der Waals surface area contributed by atoms with Crippen molar-refractivity contribution < 1.29 is 17.6 Å².